The van der Waals surface area contributed by atoms with Crippen molar-refractivity contribution in [2.24, 2.45) is 23.7 Å². The standard InChI is InChI=1S/C16H17NO3/c1-20-16(19)14-11-8-7-10(9-11)13(14)15(18)17-12-5-3-2-4-6-12/h2-8,10-11,13-14H,9H2,1H3,(H,17,18)/t10-,11-,13+,14-/m1/s1. The molecule has 3 rings (SSSR count). The van der Waals surface area contributed by atoms with Crippen LogP contribution in [0.4, 0.5) is 5.69 Å². The Bertz CT molecular complexity index is 552. The number of benzene rings is 1. The van der Waals surface area contributed by atoms with Gasteiger partial charge in [-0.2, -0.15) is 0 Å². The van der Waals surface area contributed by atoms with Crippen molar-refractivity contribution in [3.8, 4) is 0 Å². The van der Waals surface area contributed by atoms with Crippen LogP contribution in [0.25, 0.3) is 0 Å². The van der Waals surface area contributed by atoms with Crippen LogP contribution in [0.3, 0.4) is 0 Å². The highest BCUT2D eigenvalue weighted by atomic mass is 16.5. The lowest BCUT2D eigenvalue weighted by Crippen LogP contribution is -2.37. The van der Waals surface area contributed by atoms with Crippen LogP contribution in [-0.2, 0) is 14.3 Å². The third-order valence-electron chi connectivity index (χ3n) is 4.28. The number of anilines is 1. The minimum Gasteiger partial charge on any atom is -0.469 e. The largest absolute Gasteiger partial charge is 0.469 e. The van der Waals surface area contributed by atoms with Crippen molar-refractivity contribution >= 4 is 17.6 Å². The smallest absolute Gasteiger partial charge is 0.310 e. The summed E-state index contributed by atoms with van der Waals surface area (Å²) < 4.78 is 4.86. The van der Waals surface area contributed by atoms with Crippen molar-refractivity contribution in [3.63, 3.8) is 0 Å². The van der Waals surface area contributed by atoms with Crippen LogP contribution in [0.2, 0.25) is 0 Å². The van der Waals surface area contributed by atoms with E-state index in [9.17, 15) is 9.59 Å². The molecular weight excluding hydrogens is 254 g/mol. The van der Waals surface area contributed by atoms with Gasteiger partial charge in [0.2, 0.25) is 5.91 Å². The highest BCUT2D eigenvalue weighted by molar-refractivity contribution is 5.96. The van der Waals surface area contributed by atoms with E-state index in [0.717, 1.165) is 12.1 Å². The first-order valence-corrected chi connectivity index (χ1v) is 6.83. The molecule has 2 aliphatic carbocycles. The van der Waals surface area contributed by atoms with Crippen LogP contribution >= 0.6 is 0 Å². The maximum atomic E-state index is 12.5. The Morgan fingerprint density at radius 1 is 1.10 bits per heavy atom. The lowest BCUT2D eigenvalue weighted by Gasteiger charge is -2.25. The van der Waals surface area contributed by atoms with E-state index >= 15 is 0 Å². The van der Waals surface area contributed by atoms with Crippen molar-refractivity contribution in [1.82, 2.24) is 0 Å². The maximum Gasteiger partial charge on any atom is 0.310 e. The van der Waals surface area contributed by atoms with E-state index in [2.05, 4.69) is 11.4 Å². The molecule has 2 bridgehead atoms. The van der Waals surface area contributed by atoms with Gasteiger partial charge in [0, 0.05) is 5.69 Å². The fourth-order valence-corrected chi connectivity index (χ4v) is 3.38. The molecule has 0 radical (unpaired) electrons. The van der Waals surface area contributed by atoms with E-state index in [1.165, 1.54) is 7.11 Å². The van der Waals surface area contributed by atoms with Gasteiger partial charge < -0.3 is 10.1 Å². The molecule has 1 aromatic carbocycles. The van der Waals surface area contributed by atoms with Crippen LogP contribution in [-0.4, -0.2) is 19.0 Å². The minimum atomic E-state index is -0.348. The highest BCUT2D eigenvalue weighted by Gasteiger charge is 2.52. The van der Waals surface area contributed by atoms with Gasteiger partial charge in [-0.15, -0.1) is 0 Å². The van der Waals surface area contributed by atoms with E-state index in [1.807, 2.05) is 36.4 Å². The molecule has 0 saturated heterocycles. The average molecular weight is 271 g/mol. The summed E-state index contributed by atoms with van der Waals surface area (Å²) in [6, 6.07) is 9.32. The molecule has 1 saturated carbocycles. The van der Waals surface area contributed by atoms with Gasteiger partial charge in [0.25, 0.3) is 0 Å². The molecule has 0 unspecified atom stereocenters. The molecule has 0 spiro atoms. The van der Waals surface area contributed by atoms with Gasteiger partial charge in [0.15, 0.2) is 0 Å². The molecule has 1 aromatic rings. The number of ether oxygens (including phenoxy) is 1. The number of para-hydroxylation sites is 1. The van der Waals surface area contributed by atoms with Crippen LogP contribution in [0.5, 0.6) is 0 Å². The zero-order valence-electron chi connectivity index (χ0n) is 11.3. The zero-order valence-corrected chi connectivity index (χ0v) is 11.3. The molecule has 104 valence electrons. The van der Waals surface area contributed by atoms with Gasteiger partial charge in [-0.05, 0) is 30.4 Å². The third-order valence-corrected chi connectivity index (χ3v) is 4.28. The predicted octanol–water partition coefficient (Wildman–Crippen LogP) is 2.24. The lowest BCUT2D eigenvalue weighted by atomic mass is 9.82. The number of fused-ring (bicyclic) bond motifs is 2. The Labute approximate surface area is 117 Å². The SMILES string of the molecule is COC(=O)[C@H]1[C@@H](C(=O)Nc2ccccc2)[C@@H]2C=C[C@@H]1C2. The number of hydrogen-bond donors (Lipinski definition) is 1. The summed E-state index contributed by atoms with van der Waals surface area (Å²) in [7, 11) is 1.38. The highest BCUT2D eigenvalue weighted by Crippen LogP contribution is 2.48. The molecule has 20 heavy (non-hydrogen) atoms. The Balaban J connectivity index is 1.79. The Morgan fingerprint density at radius 2 is 1.75 bits per heavy atom. The average Bonchev–Trinajstić information content (AvgIpc) is 3.08. The van der Waals surface area contributed by atoms with Gasteiger partial charge >= 0.3 is 5.97 Å². The number of carbonyl (C=O) groups is 2. The van der Waals surface area contributed by atoms with Crippen molar-refractivity contribution < 1.29 is 14.3 Å². The number of carbonyl (C=O) groups excluding carboxylic acids is 2. The summed E-state index contributed by atoms with van der Waals surface area (Å²) in [6.45, 7) is 0. The van der Waals surface area contributed by atoms with Gasteiger partial charge in [-0.3, -0.25) is 9.59 Å². The van der Waals surface area contributed by atoms with Gasteiger partial charge in [0.1, 0.15) is 0 Å². The van der Waals surface area contributed by atoms with E-state index in [0.29, 0.717) is 0 Å². The first kappa shape index (κ1) is 12.9. The van der Waals surface area contributed by atoms with Crippen LogP contribution in [0.1, 0.15) is 6.42 Å². The number of hydrogen-bond acceptors (Lipinski definition) is 3. The Hall–Kier alpha value is -2.10. The summed E-state index contributed by atoms with van der Waals surface area (Å²) in [5.74, 6) is -0.762. The van der Waals surface area contributed by atoms with Gasteiger partial charge in [0.05, 0.1) is 18.9 Å². The first-order valence-electron chi connectivity index (χ1n) is 6.83. The van der Waals surface area contributed by atoms with Gasteiger partial charge in [-0.25, -0.2) is 0 Å². The molecule has 0 heterocycles. The third kappa shape index (κ3) is 2.11. The predicted molar refractivity (Wildman–Crippen MR) is 74.8 cm³/mol. The van der Waals surface area contributed by atoms with Crippen LogP contribution in [0.15, 0.2) is 42.5 Å². The quantitative estimate of drug-likeness (QED) is 0.677. The number of allylic oxidation sites excluding steroid dienone is 2. The summed E-state index contributed by atoms with van der Waals surface area (Å²) in [5, 5.41) is 2.90. The molecule has 4 heteroatoms. The topological polar surface area (TPSA) is 55.4 Å². The summed E-state index contributed by atoms with van der Waals surface area (Å²) in [4.78, 5) is 24.4. The van der Waals surface area contributed by atoms with E-state index in [-0.39, 0.29) is 35.5 Å². The minimum absolute atomic E-state index is 0.0940. The molecule has 2 aliphatic rings. The second-order valence-corrected chi connectivity index (χ2v) is 5.38. The number of rotatable bonds is 3. The van der Waals surface area contributed by atoms with E-state index in [4.69, 9.17) is 4.74 Å². The molecule has 0 aromatic heterocycles. The number of esters is 1. The lowest BCUT2D eigenvalue weighted by molar-refractivity contribution is -0.150. The molecule has 1 fully saturated rings. The van der Waals surface area contributed by atoms with E-state index < -0.39 is 0 Å². The van der Waals surface area contributed by atoms with Crippen LogP contribution < -0.4 is 5.32 Å². The zero-order chi connectivity index (χ0) is 14.1. The monoisotopic (exact) mass is 271 g/mol. The normalized spacial score (nSPS) is 30.2. The molecular formula is C16H17NO3. The molecule has 0 aliphatic heterocycles. The second kappa shape index (κ2) is 5.12. The van der Waals surface area contributed by atoms with E-state index in [1.54, 1.807) is 0 Å². The molecule has 4 nitrogen and oxygen atoms in total. The summed E-state index contributed by atoms with van der Waals surface area (Å²) in [5.41, 5.74) is 0.757. The second-order valence-electron chi connectivity index (χ2n) is 5.38. The number of methoxy groups -OCH3 is 1. The maximum absolute atomic E-state index is 12.5. The fraction of sp³-hybridized carbons (Fsp3) is 0.375. The van der Waals surface area contributed by atoms with Crippen molar-refractivity contribution in [1.29, 1.82) is 0 Å². The fourth-order valence-electron chi connectivity index (χ4n) is 3.38. The van der Waals surface area contributed by atoms with Crippen molar-refractivity contribution in [2.75, 3.05) is 12.4 Å². The van der Waals surface area contributed by atoms with Crippen LogP contribution in [0, 0.1) is 23.7 Å². The Kier molecular flexibility index (Phi) is 3.30. The summed E-state index contributed by atoms with van der Waals surface area (Å²) >= 11 is 0. The van der Waals surface area contributed by atoms with Gasteiger partial charge in [-0.1, -0.05) is 30.4 Å². The van der Waals surface area contributed by atoms with Crippen molar-refractivity contribution in [2.45, 2.75) is 6.42 Å². The molecule has 1 amide bonds. The Morgan fingerprint density at radius 3 is 2.40 bits per heavy atom. The van der Waals surface area contributed by atoms with Crippen molar-refractivity contribution in [3.05, 3.63) is 42.5 Å². The number of amides is 1. The molecule has 1 N–H and O–H groups in total. The molecule has 4 atom stereocenters. The summed E-state index contributed by atoms with van der Waals surface area (Å²) in [6.07, 6.45) is 4.96. The number of nitrogens with one attached hydrogen (secondary N) is 1. The first-order chi connectivity index (χ1) is 9.70.